The zero-order valence-corrected chi connectivity index (χ0v) is 22.1. The van der Waals surface area contributed by atoms with Gasteiger partial charge in [-0.3, -0.25) is 4.79 Å². The van der Waals surface area contributed by atoms with Crippen LogP contribution in [0.1, 0.15) is 45.2 Å². The number of hydrogen-bond acceptors (Lipinski definition) is 5. The second kappa shape index (κ2) is 11.7. The standard InChI is InChI=1S/C28H29Cl2N5O2/c1-16-10-24-25(11-17(16)2)35-27(34-24)21(18-6-4-3-5-7-18)15-33-28(37)26-22(29)12-20(13-23(26)30)32-14-19(31)8-9-36/h3-7,10-14,21,32,36H,8-9,15,31H2,1-2H3,(H,33,37)(H,34,35)/b19-14-. The molecular weight excluding hydrogens is 509 g/mol. The van der Waals surface area contributed by atoms with Crippen molar-refractivity contribution in [2.24, 2.45) is 5.73 Å². The number of nitrogens with one attached hydrogen (secondary N) is 3. The molecule has 0 spiro atoms. The summed E-state index contributed by atoms with van der Waals surface area (Å²) in [6.07, 6.45) is 1.89. The van der Waals surface area contributed by atoms with Crippen molar-refractivity contribution in [1.29, 1.82) is 0 Å². The third-order valence-electron chi connectivity index (χ3n) is 6.21. The number of carbonyl (C=O) groups is 1. The van der Waals surface area contributed by atoms with Crippen LogP contribution in [0.5, 0.6) is 0 Å². The molecule has 6 N–H and O–H groups in total. The highest BCUT2D eigenvalue weighted by Crippen LogP contribution is 2.30. The van der Waals surface area contributed by atoms with E-state index in [-0.39, 0.29) is 40.6 Å². The summed E-state index contributed by atoms with van der Waals surface area (Å²) in [5, 5.41) is 15.3. The zero-order chi connectivity index (χ0) is 26.5. The number of anilines is 1. The first kappa shape index (κ1) is 26.5. The molecule has 0 radical (unpaired) electrons. The molecule has 0 fully saturated rings. The molecule has 9 heteroatoms. The lowest BCUT2D eigenvalue weighted by molar-refractivity contribution is 0.0952. The zero-order valence-electron chi connectivity index (χ0n) is 20.6. The summed E-state index contributed by atoms with van der Waals surface area (Å²) in [6, 6.07) is 17.2. The number of hydrogen-bond donors (Lipinski definition) is 5. The van der Waals surface area contributed by atoms with Gasteiger partial charge in [0.25, 0.3) is 5.91 Å². The lowest BCUT2D eigenvalue weighted by atomic mass is 9.98. The molecule has 0 aliphatic rings. The van der Waals surface area contributed by atoms with Gasteiger partial charge in [-0.2, -0.15) is 0 Å². The minimum absolute atomic E-state index is 0.0536. The van der Waals surface area contributed by atoms with E-state index in [1.54, 1.807) is 18.3 Å². The fourth-order valence-corrected chi connectivity index (χ4v) is 4.70. The Morgan fingerprint density at radius 1 is 1.11 bits per heavy atom. The molecule has 1 amide bonds. The number of aliphatic hydroxyl groups excluding tert-OH is 1. The van der Waals surface area contributed by atoms with Crippen molar-refractivity contribution >= 4 is 45.8 Å². The number of aromatic amines is 1. The summed E-state index contributed by atoms with van der Waals surface area (Å²) in [5.74, 6) is 0.160. The van der Waals surface area contributed by atoms with Gasteiger partial charge in [-0.05, 0) is 54.8 Å². The van der Waals surface area contributed by atoms with Gasteiger partial charge in [0.1, 0.15) is 5.82 Å². The molecule has 0 saturated carbocycles. The molecule has 7 nitrogen and oxygen atoms in total. The number of amides is 1. The van der Waals surface area contributed by atoms with Gasteiger partial charge in [0.05, 0.1) is 32.6 Å². The van der Waals surface area contributed by atoms with E-state index in [2.05, 4.69) is 41.6 Å². The summed E-state index contributed by atoms with van der Waals surface area (Å²) >= 11 is 12.9. The van der Waals surface area contributed by atoms with Crippen molar-refractivity contribution in [3.05, 3.63) is 105 Å². The Bertz CT molecular complexity index is 1390. The van der Waals surface area contributed by atoms with Crippen molar-refractivity contribution in [2.75, 3.05) is 18.5 Å². The number of aryl methyl sites for hydroxylation is 2. The summed E-state index contributed by atoms with van der Waals surface area (Å²) in [5.41, 5.74) is 12.2. The number of benzene rings is 3. The quantitative estimate of drug-likeness (QED) is 0.189. The van der Waals surface area contributed by atoms with Crippen LogP contribution in [0.2, 0.25) is 10.0 Å². The maximum atomic E-state index is 13.2. The van der Waals surface area contributed by atoms with Crippen LogP contribution in [0.25, 0.3) is 11.0 Å². The fourth-order valence-electron chi connectivity index (χ4n) is 4.05. The molecule has 0 aliphatic heterocycles. The molecule has 1 heterocycles. The average molecular weight is 538 g/mol. The predicted molar refractivity (Wildman–Crippen MR) is 150 cm³/mol. The van der Waals surface area contributed by atoms with Gasteiger partial charge in [-0.15, -0.1) is 0 Å². The number of imidazole rings is 1. The monoisotopic (exact) mass is 537 g/mol. The van der Waals surface area contributed by atoms with Crippen LogP contribution in [-0.2, 0) is 0 Å². The third kappa shape index (κ3) is 6.25. The van der Waals surface area contributed by atoms with Crippen LogP contribution in [0, 0.1) is 13.8 Å². The number of aliphatic hydroxyl groups is 1. The first-order valence-electron chi connectivity index (χ1n) is 11.9. The van der Waals surface area contributed by atoms with Crippen molar-refractivity contribution in [2.45, 2.75) is 26.2 Å². The van der Waals surface area contributed by atoms with Crippen molar-refractivity contribution < 1.29 is 9.90 Å². The normalized spacial score (nSPS) is 12.5. The molecule has 4 aromatic rings. The van der Waals surface area contributed by atoms with Crippen molar-refractivity contribution in [1.82, 2.24) is 15.3 Å². The largest absolute Gasteiger partial charge is 0.401 e. The van der Waals surface area contributed by atoms with Crippen LogP contribution in [0.4, 0.5) is 5.69 Å². The molecule has 1 aromatic heterocycles. The van der Waals surface area contributed by atoms with Crippen LogP contribution >= 0.6 is 23.2 Å². The smallest absolute Gasteiger partial charge is 0.254 e. The Morgan fingerprint density at radius 3 is 2.46 bits per heavy atom. The van der Waals surface area contributed by atoms with E-state index in [9.17, 15) is 4.79 Å². The SMILES string of the molecule is Cc1cc2nc(C(CNC(=O)c3c(Cl)cc(N/C=C(\N)CCO)cc3Cl)c3ccccc3)[nH]c2cc1C. The fraction of sp³-hybridized carbons (Fsp3) is 0.214. The van der Waals surface area contributed by atoms with Gasteiger partial charge in [0.2, 0.25) is 0 Å². The number of rotatable bonds is 9. The molecule has 4 rings (SSSR count). The highest BCUT2D eigenvalue weighted by Gasteiger charge is 2.22. The van der Waals surface area contributed by atoms with Gasteiger partial charge in [-0.25, -0.2) is 4.98 Å². The van der Waals surface area contributed by atoms with Gasteiger partial charge in [0, 0.05) is 37.2 Å². The molecule has 0 bridgehead atoms. The Labute approximate surface area is 225 Å². The molecule has 192 valence electrons. The Kier molecular flexibility index (Phi) is 8.38. The predicted octanol–water partition coefficient (Wildman–Crippen LogP) is 5.64. The molecule has 1 atom stereocenters. The topological polar surface area (TPSA) is 116 Å². The van der Waals surface area contributed by atoms with E-state index < -0.39 is 0 Å². The number of fused-ring (bicyclic) bond motifs is 1. The van der Waals surface area contributed by atoms with Gasteiger partial charge < -0.3 is 26.5 Å². The highest BCUT2D eigenvalue weighted by molar-refractivity contribution is 6.40. The Balaban J connectivity index is 1.57. The molecule has 0 aliphatic carbocycles. The van der Waals surface area contributed by atoms with Gasteiger partial charge in [0.15, 0.2) is 0 Å². The van der Waals surface area contributed by atoms with E-state index in [0.29, 0.717) is 17.8 Å². The maximum Gasteiger partial charge on any atom is 0.254 e. The van der Waals surface area contributed by atoms with E-state index in [0.717, 1.165) is 22.4 Å². The molecule has 0 saturated heterocycles. The summed E-state index contributed by atoms with van der Waals surface area (Å²) in [6.45, 7) is 4.36. The van der Waals surface area contributed by atoms with Crippen molar-refractivity contribution in [3.8, 4) is 0 Å². The molecular formula is C28H29Cl2N5O2. The molecule has 1 unspecified atom stereocenters. The number of nitrogens with zero attached hydrogens (tertiary/aromatic N) is 1. The second-order valence-corrected chi connectivity index (χ2v) is 9.72. The van der Waals surface area contributed by atoms with E-state index >= 15 is 0 Å². The van der Waals surface area contributed by atoms with Crippen LogP contribution in [0.15, 0.2) is 66.5 Å². The number of halogens is 2. The number of nitrogens with two attached hydrogens (primary N) is 1. The second-order valence-electron chi connectivity index (χ2n) is 8.90. The summed E-state index contributed by atoms with van der Waals surface area (Å²) in [7, 11) is 0. The lowest BCUT2D eigenvalue weighted by Gasteiger charge is -2.17. The minimum Gasteiger partial charge on any atom is -0.401 e. The molecule has 37 heavy (non-hydrogen) atoms. The minimum atomic E-state index is -0.388. The first-order valence-corrected chi connectivity index (χ1v) is 12.6. The third-order valence-corrected chi connectivity index (χ3v) is 6.80. The molecule has 3 aromatic carbocycles. The Morgan fingerprint density at radius 2 is 1.78 bits per heavy atom. The Hall–Kier alpha value is -3.52. The van der Waals surface area contributed by atoms with E-state index in [4.69, 9.17) is 39.0 Å². The van der Waals surface area contributed by atoms with Crippen LogP contribution in [0.3, 0.4) is 0 Å². The maximum absolute atomic E-state index is 13.2. The van der Waals surface area contributed by atoms with E-state index in [1.807, 2.05) is 30.3 Å². The summed E-state index contributed by atoms with van der Waals surface area (Å²) < 4.78 is 0. The van der Waals surface area contributed by atoms with Crippen LogP contribution < -0.4 is 16.4 Å². The summed E-state index contributed by atoms with van der Waals surface area (Å²) in [4.78, 5) is 21.5. The number of carbonyl (C=O) groups excluding carboxylic acids is 1. The van der Waals surface area contributed by atoms with Gasteiger partial charge in [-0.1, -0.05) is 53.5 Å². The van der Waals surface area contributed by atoms with Crippen LogP contribution in [-0.4, -0.2) is 34.1 Å². The lowest BCUT2D eigenvalue weighted by Crippen LogP contribution is -2.29. The number of H-pyrrole nitrogens is 1. The van der Waals surface area contributed by atoms with E-state index in [1.165, 1.54) is 11.1 Å². The highest BCUT2D eigenvalue weighted by atomic mass is 35.5. The number of aromatic nitrogens is 2. The van der Waals surface area contributed by atoms with Crippen molar-refractivity contribution in [3.63, 3.8) is 0 Å². The van der Waals surface area contributed by atoms with Gasteiger partial charge >= 0.3 is 0 Å². The first-order chi connectivity index (χ1) is 17.8. The average Bonchev–Trinajstić information content (AvgIpc) is 3.25.